The average Bonchev–Trinajstić information content (AvgIpc) is 2.73. The smallest absolute Gasteiger partial charge is 0.317 e. The third kappa shape index (κ3) is 5.32. The highest BCUT2D eigenvalue weighted by Crippen LogP contribution is 2.26. The molecule has 3 nitrogen and oxygen atoms in total. The summed E-state index contributed by atoms with van der Waals surface area (Å²) in [5, 5.41) is 0. The predicted octanol–water partition coefficient (Wildman–Crippen LogP) is 4.19. The van der Waals surface area contributed by atoms with Crippen LogP contribution in [-0.4, -0.2) is 11.9 Å². The van der Waals surface area contributed by atoms with Crippen LogP contribution in [0.1, 0.15) is 59.8 Å². The van der Waals surface area contributed by atoms with E-state index >= 15 is 0 Å². The zero-order valence-electron chi connectivity index (χ0n) is 13.1. The Kier molecular flexibility index (Phi) is 6.69. The van der Waals surface area contributed by atoms with Gasteiger partial charge in [0.05, 0.1) is 12.3 Å². The monoisotopic (exact) mass is 278 g/mol. The molecular formula is C17H26O3. The SMILES string of the molecule is CCC(C)=CCCCC(C)=CC(C)C1CC(=O)OC1=O. The van der Waals surface area contributed by atoms with Gasteiger partial charge in [0.25, 0.3) is 0 Å². The van der Waals surface area contributed by atoms with Gasteiger partial charge in [0, 0.05) is 0 Å². The molecule has 0 spiro atoms. The van der Waals surface area contributed by atoms with Gasteiger partial charge in [0.2, 0.25) is 0 Å². The molecule has 1 aliphatic heterocycles. The van der Waals surface area contributed by atoms with Crippen LogP contribution < -0.4 is 0 Å². The predicted molar refractivity (Wildman–Crippen MR) is 80.0 cm³/mol. The summed E-state index contributed by atoms with van der Waals surface area (Å²) in [6.07, 6.45) is 9.01. The minimum absolute atomic E-state index is 0.0712. The summed E-state index contributed by atoms with van der Waals surface area (Å²) in [5.41, 5.74) is 2.72. The first-order chi connectivity index (χ1) is 9.43. The fourth-order valence-corrected chi connectivity index (χ4v) is 2.41. The molecule has 1 aliphatic rings. The van der Waals surface area contributed by atoms with E-state index in [1.807, 2.05) is 6.92 Å². The molecule has 0 aromatic rings. The second kappa shape index (κ2) is 8.03. The second-order valence-electron chi connectivity index (χ2n) is 5.77. The molecule has 2 atom stereocenters. The molecule has 0 aromatic carbocycles. The van der Waals surface area contributed by atoms with E-state index in [-0.39, 0.29) is 24.2 Å². The Morgan fingerprint density at radius 1 is 1.35 bits per heavy atom. The van der Waals surface area contributed by atoms with E-state index in [1.54, 1.807) is 0 Å². The maximum absolute atomic E-state index is 11.5. The highest BCUT2D eigenvalue weighted by molar-refractivity contribution is 5.94. The number of carbonyl (C=O) groups excluding carboxylic acids is 2. The molecule has 1 rings (SSSR count). The van der Waals surface area contributed by atoms with Crippen molar-refractivity contribution in [3.05, 3.63) is 23.3 Å². The van der Waals surface area contributed by atoms with Gasteiger partial charge < -0.3 is 4.74 Å². The van der Waals surface area contributed by atoms with E-state index in [2.05, 4.69) is 37.7 Å². The van der Waals surface area contributed by atoms with Crippen LogP contribution in [0.25, 0.3) is 0 Å². The lowest BCUT2D eigenvalue weighted by molar-refractivity contribution is -0.153. The van der Waals surface area contributed by atoms with E-state index in [4.69, 9.17) is 0 Å². The van der Waals surface area contributed by atoms with Gasteiger partial charge in [-0.3, -0.25) is 9.59 Å². The number of hydrogen-bond acceptors (Lipinski definition) is 3. The van der Waals surface area contributed by atoms with Gasteiger partial charge in [-0.05, 0) is 45.4 Å². The summed E-state index contributed by atoms with van der Waals surface area (Å²) in [6.45, 7) is 8.40. The van der Waals surface area contributed by atoms with Crippen molar-refractivity contribution < 1.29 is 14.3 Å². The minimum Gasteiger partial charge on any atom is -0.393 e. The van der Waals surface area contributed by atoms with Gasteiger partial charge >= 0.3 is 11.9 Å². The van der Waals surface area contributed by atoms with E-state index in [0.717, 1.165) is 25.7 Å². The van der Waals surface area contributed by atoms with Gasteiger partial charge in [0.15, 0.2) is 0 Å². The number of allylic oxidation sites excluding steroid dienone is 4. The highest BCUT2D eigenvalue weighted by Gasteiger charge is 2.36. The van der Waals surface area contributed by atoms with Crippen LogP contribution in [0, 0.1) is 11.8 Å². The first kappa shape index (κ1) is 16.7. The zero-order chi connectivity index (χ0) is 15.1. The first-order valence-electron chi connectivity index (χ1n) is 7.51. The molecule has 1 saturated heterocycles. The topological polar surface area (TPSA) is 43.4 Å². The number of ether oxygens (including phenoxy) is 1. The normalized spacial score (nSPS) is 22.1. The van der Waals surface area contributed by atoms with Crippen molar-refractivity contribution in [1.82, 2.24) is 0 Å². The van der Waals surface area contributed by atoms with Crippen molar-refractivity contribution in [3.8, 4) is 0 Å². The van der Waals surface area contributed by atoms with Crippen LogP contribution in [0.2, 0.25) is 0 Å². The Morgan fingerprint density at radius 2 is 2.05 bits per heavy atom. The number of esters is 2. The summed E-state index contributed by atoms with van der Waals surface area (Å²) >= 11 is 0. The minimum atomic E-state index is -0.391. The Balaban J connectivity index is 2.40. The summed E-state index contributed by atoms with van der Waals surface area (Å²) < 4.78 is 4.60. The molecule has 0 saturated carbocycles. The molecule has 1 fully saturated rings. The average molecular weight is 278 g/mol. The standard InChI is InChI=1S/C17H26O3/c1-5-12(2)8-6-7-9-13(3)10-14(4)15-11-16(18)20-17(15)19/h8,10,14-15H,5-7,9,11H2,1-4H3. The largest absolute Gasteiger partial charge is 0.393 e. The number of unbranched alkanes of at least 4 members (excludes halogenated alkanes) is 1. The third-order valence-corrected chi connectivity index (χ3v) is 3.91. The maximum atomic E-state index is 11.5. The van der Waals surface area contributed by atoms with Gasteiger partial charge in [-0.15, -0.1) is 0 Å². The fraction of sp³-hybridized carbons (Fsp3) is 0.647. The Morgan fingerprint density at radius 3 is 2.60 bits per heavy atom. The van der Waals surface area contributed by atoms with Crippen molar-refractivity contribution in [1.29, 1.82) is 0 Å². The molecule has 0 aromatic heterocycles. The zero-order valence-corrected chi connectivity index (χ0v) is 13.1. The molecule has 0 aliphatic carbocycles. The molecule has 2 unspecified atom stereocenters. The lowest BCUT2D eigenvalue weighted by Gasteiger charge is -2.12. The van der Waals surface area contributed by atoms with Crippen molar-refractivity contribution in [3.63, 3.8) is 0 Å². The van der Waals surface area contributed by atoms with E-state index in [0.29, 0.717) is 0 Å². The molecule has 0 radical (unpaired) electrons. The summed E-state index contributed by atoms with van der Waals surface area (Å²) in [4.78, 5) is 22.6. The molecular weight excluding hydrogens is 252 g/mol. The molecule has 112 valence electrons. The number of hydrogen-bond donors (Lipinski definition) is 0. The van der Waals surface area contributed by atoms with Gasteiger partial charge in [-0.25, -0.2) is 0 Å². The molecule has 3 heteroatoms. The molecule has 0 amide bonds. The first-order valence-corrected chi connectivity index (χ1v) is 7.51. The molecule has 20 heavy (non-hydrogen) atoms. The quantitative estimate of drug-likeness (QED) is 0.303. The second-order valence-corrected chi connectivity index (χ2v) is 5.77. The van der Waals surface area contributed by atoms with E-state index in [9.17, 15) is 9.59 Å². The molecule has 0 bridgehead atoms. The Bertz CT molecular complexity index is 418. The van der Waals surface area contributed by atoms with Crippen LogP contribution >= 0.6 is 0 Å². The van der Waals surface area contributed by atoms with Gasteiger partial charge in [-0.1, -0.05) is 37.1 Å². The number of carbonyl (C=O) groups is 2. The lowest BCUT2D eigenvalue weighted by atomic mass is 9.90. The Labute approximate surface area is 122 Å². The van der Waals surface area contributed by atoms with Crippen molar-refractivity contribution >= 4 is 11.9 Å². The van der Waals surface area contributed by atoms with Crippen LogP contribution in [0.4, 0.5) is 0 Å². The number of cyclic esters (lactones) is 2. The van der Waals surface area contributed by atoms with Crippen LogP contribution in [0.5, 0.6) is 0 Å². The number of rotatable bonds is 7. The fourth-order valence-electron chi connectivity index (χ4n) is 2.41. The maximum Gasteiger partial charge on any atom is 0.317 e. The van der Waals surface area contributed by atoms with E-state index < -0.39 is 5.97 Å². The van der Waals surface area contributed by atoms with Gasteiger partial charge in [0.1, 0.15) is 0 Å². The van der Waals surface area contributed by atoms with E-state index in [1.165, 1.54) is 11.1 Å². The third-order valence-electron chi connectivity index (χ3n) is 3.91. The highest BCUT2D eigenvalue weighted by atomic mass is 16.6. The summed E-state index contributed by atoms with van der Waals surface area (Å²) in [5.74, 6) is -0.979. The molecule has 0 N–H and O–H groups in total. The molecule has 1 heterocycles. The van der Waals surface area contributed by atoms with Crippen LogP contribution in [-0.2, 0) is 14.3 Å². The van der Waals surface area contributed by atoms with Gasteiger partial charge in [-0.2, -0.15) is 0 Å². The van der Waals surface area contributed by atoms with Crippen LogP contribution in [0.3, 0.4) is 0 Å². The van der Waals surface area contributed by atoms with Crippen molar-refractivity contribution in [2.75, 3.05) is 0 Å². The lowest BCUT2D eigenvalue weighted by Crippen LogP contribution is -2.15. The van der Waals surface area contributed by atoms with Crippen LogP contribution in [0.15, 0.2) is 23.3 Å². The summed E-state index contributed by atoms with van der Waals surface area (Å²) in [7, 11) is 0. The Hall–Kier alpha value is -1.38. The summed E-state index contributed by atoms with van der Waals surface area (Å²) in [6, 6.07) is 0. The van der Waals surface area contributed by atoms with Crippen molar-refractivity contribution in [2.45, 2.75) is 59.8 Å². The van der Waals surface area contributed by atoms with Crippen molar-refractivity contribution in [2.24, 2.45) is 11.8 Å².